The molecule has 0 aliphatic rings. The van der Waals surface area contributed by atoms with Gasteiger partial charge in [0.25, 0.3) is 10.0 Å². The van der Waals surface area contributed by atoms with Crippen LogP contribution < -0.4 is 19.1 Å². The lowest BCUT2D eigenvalue weighted by atomic mass is 10.2. The van der Waals surface area contributed by atoms with Crippen molar-refractivity contribution in [2.75, 3.05) is 17.5 Å². The van der Waals surface area contributed by atoms with Crippen LogP contribution in [0.3, 0.4) is 0 Å². The van der Waals surface area contributed by atoms with Gasteiger partial charge in [-0.25, -0.2) is 17.2 Å². The molecule has 40 heavy (non-hydrogen) atoms. The van der Waals surface area contributed by atoms with Gasteiger partial charge >= 0.3 is 0 Å². The second-order valence-corrected chi connectivity index (χ2v) is 10.6. The van der Waals surface area contributed by atoms with Crippen molar-refractivity contribution < 1.29 is 31.5 Å². The molecule has 1 amide bonds. The van der Waals surface area contributed by atoms with Gasteiger partial charge in [-0.15, -0.1) is 0 Å². The lowest BCUT2D eigenvalue weighted by Gasteiger charge is -2.24. The number of hydrogen-bond donors (Lipinski definition) is 1. The molecule has 0 aliphatic heterocycles. The summed E-state index contributed by atoms with van der Waals surface area (Å²) in [5.41, 5.74) is 1.85. The molecule has 0 saturated heterocycles. The Balaban J connectivity index is 1.41. The van der Waals surface area contributed by atoms with Crippen LogP contribution in [0.2, 0.25) is 0 Å². The standard InChI is InChI=1S/C30H28F2N2O5S/c1-2-38-27-15-11-26(12-16-27)34(40(36,37)29-17-9-25(32)10-18-29)20-30(35)33-19-22-5-13-28(14-6-22)39-21-23-3-7-24(31)8-4-23/h3-18H,2,19-21H2,1H3,(H,33,35). The first kappa shape index (κ1) is 28.6. The molecule has 4 aromatic rings. The number of carbonyl (C=O) groups excluding carboxylic acids is 1. The molecule has 7 nitrogen and oxygen atoms in total. The molecule has 10 heteroatoms. The Labute approximate surface area is 232 Å². The smallest absolute Gasteiger partial charge is 0.264 e. The van der Waals surface area contributed by atoms with Crippen molar-refractivity contribution >= 4 is 21.6 Å². The highest BCUT2D eigenvalue weighted by atomic mass is 32.2. The monoisotopic (exact) mass is 566 g/mol. The first-order valence-corrected chi connectivity index (χ1v) is 13.9. The lowest BCUT2D eigenvalue weighted by Crippen LogP contribution is -2.40. The van der Waals surface area contributed by atoms with Gasteiger partial charge in [-0.1, -0.05) is 24.3 Å². The Morgan fingerprint density at radius 3 is 1.88 bits per heavy atom. The van der Waals surface area contributed by atoms with Gasteiger partial charge in [0.1, 0.15) is 36.3 Å². The number of nitrogens with zero attached hydrogens (tertiary/aromatic N) is 1. The maximum absolute atomic E-state index is 13.4. The van der Waals surface area contributed by atoms with Crippen LogP contribution in [0.5, 0.6) is 11.5 Å². The highest BCUT2D eigenvalue weighted by Gasteiger charge is 2.27. The molecular formula is C30H28F2N2O5S. The summed E-state index contributed by atoms with van der Waals surface area (Å²) in [5, 5.41) is 2.74. The van der Waals surface area contributed by atoms with Gasteiger partial charge in [0.15, 0.2) is 0 Å². The molecule has 4 aromatic carbocycles. The van der Waals surface area contributed by atoms with Crippen LogP contribution in [0.4, 0.5) is 14.5 Å². The van der Waals surface area contributed by atoms with Crippen molar-refractivity contribution in [3.05, 3.63) is 120 Å². The zero-order valence-corrected chi connectivity index (χ0v) is 22.5. The summed E-state index contributed by atoms with van der Waals surface area (Å²) in [4.78, 5) is 12.8. The van der Waals surface area contributed by atoms with E-state index in [9.17, 15) is 22.0 Å². The molecule has 4 rings (SSSR count). The van der Waals surface area contributed by atoms with Crippen LogP contribution in [0.15, 0.2) is 102 Å². The third-order valence-electron chi connectivity index (χ3n) is 5.86. The predicted molar refractivity (Wildman–Crippen MR) is 148 cm³/mol. The molecule has 0 bridgehead atoms. The molecule has 0 atom stereocenters. The summed E-state index contributed by atoms with van der Waals surface area (Å²) in [6, 6.07) is 23.8. The van der Waals surface area contributed by atoms with Gasteiger partial charge in [-0.3, -0.25) is 9.10 Å². The summed E-state index contributed by atoms with van der Waals surface area (Å²) >= 11 is 0. The maximum atomic E-state index is 13.4. The number of benzene rings is 4. The van der Waals surface area contributed by atoms with Crippen molar-refractivity contribution in [1.82, 2.24) is 5.32 Å². The fourth-order valence-corrected chi connectivity index (χ4v) is 5.18. The normalized spacial score (nSPS) is 11.1. The van der Waals surface area contributed by atoms with E-state index in [1.54, 1.807) is 60.7 Å². The molecule has 1 N–H and O–H groups in total. The minimum Gasteiger partial charge on any atom is -0.494 e. The van der Waals surface area contributed by atoms with Gasteiger partial charge in [0.05, 0.1) is 17.2 Å². The van der Waals surface area contributed by atoms with E-state index >= 15 is 0 Å². The van der Waals surface area contributed by atoms with Crippen LogP contribution in [0, 0.1) is 11.6 Å². The Kier molecular flexibility index (Phi) is 9.34. The van der Waals surface area contributed by atoms with Gasteiger partial charge in [-0.2, -0.15) is 0 Å². The molecule has 0 saturated carbocycles. The molecule has 0 radical (unpaired) electrons. The second-order valence-electron chi connectivity index (χ2n) is 8.73. The zero-order valence-electron chi connectivity index (χ0n) is 21.7. The number of sulfonamides is 1. The molecule has 208 valence electrons. The van der Waals surface area contributed by atoms with Gasteiger partial charge in [0.2, 0.25) is 5.91 Å². The lowest BCUT2D eigenvalue weighted by molar-refractivity contribution is -0.119. The summed E-state index contributed by atoms with van der Waals surface area (Å²) in [6.45, 7) is 2.22. The summed E-state index contributed by atoms with van der Waals surface area (Å²) in [7, 11) is -4.18. The van der Waals surface area contributed by atoms with Crippen molar-refractivity contribution in [2.24, 2.45) is 0 Å². The van der Waals surface area contributed by atoms with E-state index in [1.807, 2.05) is 6.92 Å². The number of ether oxygens (including phenoxy) is 2. The molecule has 0 fully saturated rings. The van der Waals surface area contributed by atoms with E-state index in [2.05, 4.69) is 5.32 Å². The van der Waals surface area contributed by atoms with Gasteiger partial charge in [-0.05, 0) is 90.8 Å². The summed E-state index contributed by atoms with van der Waals surface area (Å²) in [5.74, 6) is -0.260. The first-order chi connectivity index (χ1) is 19.2. The SMILES string of the molecule is CCOc1ccc(N(CC(=O)NCc2ccc(OCc3ccc(F)cc3)cc2)S(=O)(=O)c2ccc(F)cc2)cc1. The predicted octanol–water partition coefficient (Wildman–Crippen LogP) is 5.45. The third-order valence-corrected chi connectivity index (χ3v) is 7.64. The van der Waals surface area contributed by atoms with Crippen molar-refractivity contribution in [1.29, 1.82) is 0 Å². The van der Waals surface area contributed by atoms with Crippen LogP contribution in [-0.4, -0.2) is 27.5 Å². The number of nitrogens with one attached hydrogen (secondary N) is 1. The topological polar surface area (TPSA) is 84.9 Å². The molecule has 0 aromatic heterocycles. The Hall–Kier alpha value is -4.44. The summed E-state index contributed by atoms with van der Waals surface area (Å²) in [6.07, 6.45) is 0. The molecule has 0 spiro atoms. The quantitative estimate of drug-likeness (QED) is 0.246. The number of anilines is 1. The zero-order chi connectivity index (χ0) is 28.5. The highest BCUT2D eigenvalue weighted by molar-refractivity contribution is 7.92. The second kappa shape index (κ2) is 13.1. The van der Waals surface area contributed by atoms with Crippen LogP contribution >= 0.6 is 0 Å². The third kappa shape index (κ3) is 7.57. The molecule has 0 unspecified atom stereocenters. The largest absolute Gasteiger partial charge is 0.494 e. The minimum absolute atomic E-state index is 0.146. The van der Waals surface area contributed by atoms with Crippen LogP contribution in [-0.2, 0) is 28.0 Å². The van der Waals surface area contributed by atoms with E-state index in [0.29, 0.717) is 18.1 Å². The minimum atomic E-state index is -4.18. The van der Waals surface area contributed by atoms with E-state index in [1.165, 1.54) is 12.1 Å². The number of carbonyl (C=O) groups is 1. The summed E-state index contributed by atoms with van der Waals surface area (Å²) < 4.78 is 65.5. The Morgan fingerprint density at radius 2 is 1.27 bits per heavy atom. The average molecular weight is 567 g/mol. The number of halogens is 2. The van der Waals surface area contributed by atoms with Crippen LogP contribution in [0.1, 0.15) is 18.1 Å². The first-order valence-electron chi connectivity index (χ1n) is 12.5. The Morgan fingerprint density at radius 1 is 0.750 bits per heavy atom. The number of amides is 1. The van der Waals surface area contributed by atoms with Crippen LogP contribution in [0.25, 0.3) is 0 Å². The van der Waals surface area contributed by atoms with E-state index in [0.717, 1.165) is 39.7 Å². The van der Waals surface area contributed by atoms with E-state index in [4.69, 9.17) is 9.47 Å². The fourth-order valence-electron chi connectivity index (χ4n) is 3.76. The van der Waals surface area contributed by atoms with E-state index < -0.39 is 28.3 Å². The molecular weight excluding hydrogens is 538 g/mol. The maximum Gasteiger partial charge on any atom is 0.264 e. The molecule has 0 heterocycles. The van der Waals surface area contributed by atoms with Gasteiger partial charge < -0.3 is 14.8 Å². The number of rotatable bonds is 12. The van der Waals surface area contributed by atoms with Crippen molar-refractivity contribution in [3.8, 4) is 11.5 Å². The highest BCUT2D eigenvalue weighted by Crippen LogP contribution is 2.26. The Bertz CT molecular complexity index is 1510. The van der Waals surface area contributed by atoms with Crippen molar-refractivity contribution in [3.63, 3.8) is 0 Å². The molecule has 0 aliphatic carbocycles. The number of hydrogen-bond acceptors (Lipinski definition) is 5. The fraction of sp³-hybridized carbons (Fsp3) is 0.167. The van der Waals surface area contributed by atoms with Gasteiger partial charge in [0, 0.05) is 6.54 Å². The average Bonchev–Trinajstić information content (AvgIpc) is 2.96. The van der Waals surface area contributed by atoms with Crippen molar-refractivity contribution in [2.45, 2.75) is 25.0 Å². The van der Waals surface area contributed by atoms with E-state index in [-0.39, 0.29) is 29.6 Å².